The highest BCUT2D eigenvalue weighted by Gasteiger charge is 2.00. The van der Waals surface area contributed by atoms with E-state index < -0.39 is 0 Å². The molecule has 2 aromatic rings. The topological polar surface area (TPSA) is 58.8 Å². The van der Waals surface area contributed by atoms with Crippen LogP contribution in [-0.2, 0) is 0 Å². The van der Waals surface area contributed by atoms with E-state index in [2.05, 4.69) is 9.97 Å². The third kappa shape index (κ3) is 2.47. The van der Waals surface area contributed by atoms with Crippen molar-refractivity contribution in [3.63, 3.8) is 0 Å². The summed E-state index contributed by atoms with van der Waals surface area (Å²) >= 11 is 5.66. The Labute approximate surface area is 97.1 Å². The SMILES string of the molecule is N#Cc1ccc(Oc2cncc(Cl)n2)cc1. The maximum Gasteiger partial charge on any atom is 0.239 e. The molecule has 0 aliphatic heterocycles. The average Bonchev–Trinajstić information content (AvgIpc) is 2.30. The molecule has 0 fully saturated rings. The van der Waals surface area contributed by atoms with Gasteiger partial charge in [0.05, 0.1) is 24.0 Å². The first-order valence-electron chi connectivity index (χ1n) is 4.43. The zero-order chi connectivity index (χ0) is 11.4. The number of nitriles is 1. The van der Waals surface area contributed by atoms with Crippen molar-refractivity contribution in [2.45, 2.75) is 0 Å². The van der Waals surface area contributed by atoms with Crippen molar-refractivity contribution < 1.29 is 4.74 Å². The molecule has 0 atom stereocenters. The van der Waals surface area contributed by atoms with Gasteiger partial charge in [0, 0.05) is 0 Å². The van der Waals surface area contributed by atoms with E-state index in [-0.39, 0.29) is 5.15 Å². The summed E-state index contributed by atoms with van der Waals surface area (Å²) < 4.78 is 5.39. The van der Waals surface area contributed by atoms with Crippen LogP contribution in [0.1, 0.15) is 5.56 Å². The van der Waals surface area contributed by atoms with Crippen molar-refractivity contribution in [3.8, 4) is 17.7 Å². The van der Waals surface area contributed by atoms with Gasteiger partial charge in [-0.3, -0.25) is 4.98 Å². The fourth-order valence-electron chi connectivity index (χ4n) is 1.09. The number of hydrogen-bond donors (Lipinski definition) is 0. The number of nitrogens with zero attached hydrogens (tertiary/aromatic N) is 3. The van der Waals surface area contributed by atoms with Crippen LogP contribution in [0, 0.1) is 11.3 Å². The Morgan fingerprint density at radius 1 is 1.19 bits per heavy atom. The Morgan fingerprint density at radius 2 is 1.94 bits per heavy atom. The highest BCUT2D eigenvalue weighted by Crippen LogP contribution is 2.19. The predicted molar refractivity (Wildman–Crippen MR) is 58.3 cm³/mol. The summed E-state index contributed by atoms with van der Waals surface area (Å²) in [5, 5.41) is 8.89. The Bertz CT molecular complexity index is 534. The molecule has 1 heterocycles. The summed E-state index contributed by atoms with van der Waals surface area (Å²) in [6, 6.07) is 8.71. The average molecular weight is 232 g/mol. The number of rotatable bonds is 2. The molecule has 0 saturated heterocycles. The van der Waals surface area contributed by atoms with Gasteiger partial charge in [-0.2, -0.15) is 10.2 Å². The van der Waals surface area contributed by atoms with Crippen LogP contribution >= 0.6 is 11.6 Å². The molecule has 0 unspecified atom stereocenters. The van der Waals surface area contributed by atoms with Crippen LogP contribution in [0.4, 0.5) is 0 Å². The summed E-state index contributed by atoms with van der Waals surface area (Å²) in [7, 11) is 0. The fraction of sp³-hybridized carbons (Fsp3) is 0. The highest BCUT2D eigenvalue weighted by atomic mass is 35.5. The first-order valence-corrected chi connectivity index (χ1v) is 4.81. The number of aromatic nitrogens is 2. The predicted octanol–water partition coefficient (Wildman–Crippen LogP) is 2.79. The second-order valence-electron chi connectivity index (χ2n) is 2.92. The summed E-state index contributed by atoms with van der Waals surface area (Å²) in [5.41, 5.74) is 0.574. The van der Waals surface area contributed by atoms with E-state index in [1.807, 2.05) is 6.07 Å². The number of hydrogen-bond acceptors (Lipinski definition) is 4. The van der Waals surface area contributed by atoms with E-state index in [0.717, 1.165) is 0 Å². The van der Waals surface area contributed by atoms with Crippen LogP contribution in [0.2, 0.25) is 5.15 Å². The molecule has 4 nitrogen and oxygen atoms in total. The van der Waals surface area contributed by atoms with Gasteiger partial charge < -0.3 is 4.74 Å². The molecule has 1 aromatic carbocycles. The van der Waals surface area contributed by atoms with Gasteiger partial charge in [-0.05, 0) is 24.3 Å². The quantitative estimate of drug-likeness (QED) is 0.797. The zero-order valence-corrected chi connectivity index (χ0v) is 8.85. The Hall–Kier alpha value is -2.12. The lowest BCUT2D eigenvalue weighted by molar-refractivity contribution is 0.460. The maximum absolute atomic E-state index is 8.62. The van der Waals surface area contributed by atoms with Gasteiger partial charge in [-0.15, -0.1) is 0 Å². The Morgan fingerprint density at radius 3 is 2.56 bits per heavy atom. The van der Waals surface area contributed by atoms with Gasteiger partial charge >= 0.3 is 0 Å². The fourth-order valence-corrected chi connectivity index (χ4v) is 1.23. The smallest absolute Gasteiger partial charge is 0.239 e. The highest BCUT2D eigenvalue weighted by molar-refractivity contribution is 6.29. The van der Waals surface area contributed by atoms with Crippen molar-refractivity contribution in [1.82, 2.24) is 9.97 Å². The summed E-state index contributed by atoms with van der Waals surface area (Å²) in [5.74, 6) is 0.896. The van der Waals surface area contributed by atoms with Crippen LogP contribution in [0.5, 0.6) is 11.6 Å². The molecule has 5 heteroatoms. The van der Waals surface area contributed by atoms with E-state index in [1.165, 1.54) is 12.4 Å². The van der Waals surface area contributed by atoms with Crippen molar-refractivity contribution >= 4 is 11.6 Å². The lowest BCUT2D eigenvalue weighted by Gasteiger charge is -2.03. The first-order chi connectivity index (χ1) is 7.78. The molecule has 0 radical (unpaired) electrons. The summed E-state index contributed by atoms with van der Waals surface area (Å²) in [4.78, 5) is 7.77. The number of ether oxygens (including phenoxy) is 1. The molecule has 16 heavy (non-hydrogen) atoms. The molecule has 2 rings (SSSR count). The standard InChI is InChI=1S/C11H6ClN3O/c12-10-6-14-7-11(15-10)16-9-3-1-8(5-13)2-4-9/h1-4,6-7H. The molecule has 1 aromatic heterocycles. The number of halogens is 1. The van der Waals surface area contributed by atoms with E-state index in [0.29, 0.717) is 17.2 Å². The third-order valence-corrected chi connectivity index (χ3v) is 1.97. The van der Waals surface area contributed by atoms with Crippen molar-refractivity contribution in [2.75, 3.05) is 0 Å². The lowest BCUT2D eigenvalue weighted by Crippen LogP contribution is -1.89. The normalized spacial score (nSPS) is 9.50. The molecule has 0 amide bonds. The maximum atomic E-state index is 8.62. The van der Waals surface area contributed by atoms with E-state index in [1.54, 1.807) is 24.3 Å². The van der Waals surface area contributed by atoms with Crippen molar-refractivity contribution in [2.24, 2.45) is 0 Å². The second kappa shape index (κ2) is 4.60. The van der Waals surface area contributed by atoms with Crippen molar-refractivity contribution in [3.05, 3.63) is 47.4 Å². The van der Waals surface area contributed by atoms with Crippen LogP contribution in [0.3, 0.4) is 0 Å². The Balaban J connectivity index is 2.18. The third-order valence-electron chi connectivity index (χ3n) is 1.79. The summed E-state index contributed by atoms with van der Waals surface area (Å²) in [6.45, 7) is 0. The lowest BCUT2D eigenvalue weighted by atomic mass is 10.2. The van der Waals surface area contributed by atoms with E-state index in [9.17, 15) is 0 Å². The molecule has 78 valence electrons. The van der Waals surface area contributed by atoms with Crippen LogP contribution < -0.4 is 4.74 Å². The van der Waals surface area contributed by atoms with E-state index in [4.69, 9.17) is 21.6 Å². The number of benzene rings is 1. The zero-order valence-electron chi connectivity index (χ0n) is 8.09. The monoisotopic (exact) mass is 231 g/mol. The van der Waals surface area contributed by atoms with Gasteiger partial charge in [-0.1, -0.05) is 11.6 Å². The largest absolute Gasteiger partial charge is 0.437 e. The first kappa shape index (κ1) is 10.4. The molecule has 0 spiro atoms. The molecule has 0 saturated carbocycles. The molecular formula is C11H6ClN3O. The Kier molecular flexibility index (Phi) is 2.99. The molecule has 0 bridgehead atoms. The molecule has 0 aliphatic carbocycles. The minimum atomic E-state index is 0.270. The second-order valence-corrected chi connectivity index (χ2v) is 3.31. The molecular weight excluding hydrogens is 226 g/mol. The minimum Gasteiger partial charge on any atom is -0.437 e. The summed E-state index contributed by atoms with van der Waals surface area (Å²) in [6.07, 6.45) is 2.89. The van der Waals surface area contributed by atoms with Gasteiger partial charge in [0.2, 0.25) is 5.88 Å². The van der Waals surface area contributed by atoms with Crippen LogP contribution in [0.25, 0.3) is 0 Å². The minimum absolute atomic E-state index is 0.270. The molecule has 0 aliphatic rings. The van der Waals surface area contributed by atoms with Crippen LogP contribution in [-0.4, -0.2) is 9.97 Å². The molecule has 0 N–H and O–H groups in total. The van der Waals surface area contributed by atoms with Gasteiger partial charge in [0.15, 0.2) is 5.15 Å². The van der Waals surface area contributed by atoms with Crippen LogP contribution in [0.15, 0.2) is 36.7 Å². The van der Waals surface area contributed by atoms with Gasteiger partial charge in [0.25, 0.3) is 0 Å². The van der Waals surface area contributed by atoms with Gasteiger partial charge in [0.1, 0.15) is 5.75 Å². The van der Waals surface area contributed by atoms with E-state index >= 15 is 0 Å². The van der Waals surface area contributed by atoms with Gasteiger partial charge in [-0.25, -0.2) is 0 Å². The van der Waals surface area contributed by atoms with Crippen molar-refractivity contribution in [1.29, 1.82) is 5.26 Å².